The van der Waals surface area contributed by atoms with Gasteiger partial charge in [0.2, 0.25) is 10.0 Å². The Labute approximate surface area is 214 Å². The number of hydrogen-bond acceptors (Lipinski definition) is 6. The molecule has 2 N–H and O–H groups in total. The lowest BCUT2D eigenvalue weighted by atomic mass is 9.96. The van der Waals surface area contributed by atoms with Gasteiger partial charge in [0.15, 0.2) is 5.65 Å². The Kier molecular flexibility index (Phi) is 6.12. The van der Waals surface area contributed by atoms with E-state index in [9.17, 15) is 26.4 Å². The third-order valence-corrected chi connectivity index (χ3v) is 6.82. The molecule has 0 bridgehead atoms. The molecular formula is C25H19F3N6O3S. The minimum absolute atomic E-state index is 0.0825. The van der Waals surface area contributed by atoms with E-state index in [-0.39, 0.29) is 17.1 Å². The number of nitrogens with two attached hydrogens (primary N) is 1. The van der Waals surface area contributed by atoms with E-state index in [1.54, 1.807) is 12.1 Å². The monoisotopic (exact) mass is 540 g/mol. The predicted octanol–water partition coefficient (Wildman–Crippen LogP) is 3.64. The number of hydrogen-bond donors (Lipinski definition) is 1. The van der Waals surface area contributed by atoms with Crippen molar-refractivity contribution in [3.63, 3.8) is 0 Å². The van der Waals surface area contributed by atoms with Crippen LogP contribution in [-0.4, -0.2) is 32.8 Å². The molecule has 0 saturated carbocycles. The Hall–Kier alpha value is -4.36. The van der Waals surface area contributed by atoms with Crippen LogP contribution in [0.3, 0.4) is 0 Å². The van der Waals surface area contributed by atoms with E-state index in [2.05, 4.69) is 15.2 Å². The summed E-state index contributed by atoms with van der Waals surface area (Å²) in [7, 11) is -3.92. The molecular weight excluding hydrogens is 521 g/mol. The Bertz CT molecular complexity index is 1810. The largest absolute Gasteiger partial charge is 0.433 e. The molecule has 5 aromatic rings. The lowest BCUT2D eigenvalue weighted by Crippen LogP contribution is -2.23. The fourth-order valence-electron chi connectivity index (χ4n) is 3.97. The van der Waals surface area contributed by atoms with Gasteiger partial charge in [0.05, 0.1) is 17.6 Å². The number of rotatable bonds is 5. The molecule has 0 aliphatic carbocycles. The summed E-state index contributed by atoms with van der Waals surface area (Å²) in [6, 6.07) is 15.5. The molecule has 0 fully saturated rings. The smallest absolute Gasteiger partial charge is 0.251 e. The Morgan fingerprint density at radius 2 is 1.58 bits per heavy atom. The fraction of sp³-hybridized carbons (Fsp3) is 0.120. The first-order valence-corrected chi connectivity index (χ1v) is 12.7. The number of halogens is 3. The first-order chi connectivity index (χ1) is 17.9. The third-order valence-electron chi connectivity index (χ3n) is 5.89. The topological polar surface area (TPSA) is 125 Å². The van der Waals surface area contributed by atoms with Crippen molar-refractivity contribution in [3.05, 3.63) is 100 Å². The zero-order valence-corrected chi connectivity index (χ0v) is 20.5. The maximum Gasteiger partial charge on any atom is 0.433 e. The summed E-state index contributed by atoms with van der Waals surface area (Å²) in [5, 5.41) is 13.9. The van der Waals surface area contributed by atoms with Crippen molar-refractivity contribution in [2.45, 2.75) is 24.5 Å². The number of alkyl halides is 3. The zero-order valence-electron chi connectivity index (χ0n) is 19.7. The highest BCUT2D eigenvalue weighted by Crippen LogP contribution is 2.34. The van der Waals surface area contributed by atoms with Gasteiger partial charge in [-0.05, 0) is 41.8 Å². The molecule has 3 aromatic heterocycles. The van der Waals surface area contributed by atoms with Crippen molar-refractivity contribution in [2.75, 3.05) is 0 Å². The average Bonchev–Trinajstić information content (AvgIpc) is 3.18. The van der Waals surface area contributed by atoms with E-state index in [1.165, 1.54) is 24.4 Å². The van der Waals surface area contributed by atoms with Crippen LogP contribution in [0.1, 0.15) is 16.8 Å². The second kappa shape index (κ2) is 9.19. The molecule has 0 unspecified atom stereocenters. The minimum atomic E-state index is -4.58. The quantitative estimate of drug-likeness (QED) is 0.363. The van der Waals surface area contributed by atoms with Crippen LogP contribution in [0.2, 0.25) is 0 Å². The molecule has 2 aromatic carbocycles. The van der Waals surface area contributed by atoms with Gasteiger partial charge in [-0.25, -0.2) is 23.0 Å². The SMILES string of the molecule is Cc1ccc(-c2cnn3c(=O)n(Cc4ccc(C(F)(F)F)nc4)nc3c2-c2ccc(S(N)(=O)=O)cc2)cc1. The van der Waals surface area contributed by atoms with E-state index in [1.807, 2.05) is 31.2 Å². The number of benzene rings is 2. The van der Waals surface area contributed by atoms with Crippen LogP contribution in [0, 0.1) is 6.92 Å². The molecule has 5 rings (SSSR count). The molecule has 0 atom stereocenters. The number of sulfonamides is 1. The lowest BCUT2D eigenvalue weighted by Gasteiger charge is -2.11. The van der Waals surface area contributed by atoms with Crippen LogP contribution in [0.5, 0.6) is 0 Å². The maximum atomic E-state index is 13.1. The predicted molar refractivity (Wildman–Crippen MR) is 133 cm³/mol. The highest BCUT2D eigenvalue weighted by molar-refractivity contribution is 7.89. The van der Waals surface area contributed by atoms with Gasteiger partial charge in [-0.1, -0.05) is 48.0 Å². The second-order valence-electron chi connectivity index (χ2n) is 8.59. The molecule has 0 radical (unpaired) electrons. The Morgan fingerprint density at radius 1 is 0.921 bits per heavy atom. The van der Waals surface area contributed by atoms with E-state index >= 15 is 0 Å². The van der Waals surface area contributed by atoms with Gasteiger partial charge in [0, 0.05) is 17.3 Å². The van der Waals surface area contributed by atoms with Gasteiger partial charge in [0.1, 0.15) is 5.69 Å². The van der Waals surface area contributed by atoms with Crippen LogP contribution in [0.25, 0.3) is 27.9 Å². The molecule has 13 heteroatoms. The van der Waals surface area contributed by atoms with Crippen molar-refractivity contribution >= 4 is 15.7 Å². The van der Waals surface area contributed by atoms with E-state index in [0.717, 1.165) is 32.6 Å². The molecule has 3 heterocycles. The van der Waals surface area contributed by atoms with Crippen molar-refractivity contribution < 1.29 is 21.6 Å². The highest BCUT2D eigenvalue weighted by atomic mass is 32.2. The third kappa shape index (κ3) is 4.80. The average molecular weight is 541 g/mol. The Morgan fingerprint density at radius 3 is 2.16 bits per heavy atom. The molecule has 0 aliphatic rings. The standard InChI is InChI=1S/C25H19F3N6O3S/c1-15-2-5-17(6-3-15)20-13-31-34-23(22(20)18-7-9-19(10-8-18)38(29,36)37)32-33(24(34)35)14-16-4-11-21(30-12-16)25(26,27)28/h2-13H,14H2,1H3,(H2,29,36,37). The van der Waals surface area contributed by atoms with Crippen LogP contribution < -0.4 is 10.8 Å². The van der Waals surface area contributed by atoms with Crippen LogP contribution in [0.4, 0.5) is 13.2 Å². The van der Waals surface area contributed by atoms with E-state index in [0.29, 0.717) is 22.3 Å². The van der Waals surface area contributed by atoms with Crippen LogP contribution in [0.15, 0.2) is 82.7 Å². The minimum Gasteiger partial charge on any atom is -0.251 e. The summed E-state index contributed by atoms with van der Waals surface area (Å²) >= 11 is 0. The number of pyridine rings is 1. The summed E-state index contributed by atoms with van der Waals surface area (Å²) in [5.41, 5.74) is 2.36. The van der Waals surface area contributed by atoms with Gasteiger partial charge in [-0.3, -0.25) is 4.98 Å². The molecule has 0 amide bonds. The zero-order chi connectivity index (χ0) is 27.2. The second-order valence-corrected chi connectivity index (χ2v) is 10.2. The molecule has 38 heavy (non-hydrogen) atoms. The lowest BCUT2D eigenvalue weighted by molar-refractivity contribution is -0.141. The van der Waals surface area contributed by atoms with E-state index in [4.69, 9.17) is 5.14 Å². The first kappa shape index (κ1) is 25.3. The van der Waals surface area contributed by atoms with Crippen molar-refractivity contribution in [1.29, 1.82) is 0 Å². The van der Waals surface area contributed by atoms with Gasteiger partial charge in [-0.2, -0.15) is 22.8 Å². The summed E-state index contributed by atoms with van der Waals surface area (Å²) < 4.78 is 64.3. The van der Waals surface area contributed by atoms with Crippen LogP contribution in [-0.2, 0) is 22.7 Å². The number of aryl methyl sites for hydroxylation is 1. The Balaban J connectivity index is 1.67. The molecule has 194 valence electrons. The molecule has 9 nitrogen and oxygen atoms in total. The first-order valence-electron chi connectivity index (χ1n) is 11.1. The van der Waals surface area contributed by atoms with Crippen LogP contribution >= 0.6 is 0 Å². The number of nitrogens with zero attached hydrogens (tertiary/aromatic N) is 5. The van der Waals surface area contributed by atoms with Crippen molar-refractivity contribution in [1.82, 2.24) is 24.4 Å². The summed E-state index contributed by atoms with van der Waals surface area (Å²) in [5.74, 6) is 0. The summed E-state index contributed by atoms with van der Waals surface area (Å²) in [6.45, 7) is 1.80. The number of aromatic nitrogens is 5. The van der Waals surface area contributed by atoms with Gasteiger partial charge in [0.25, 0.3) is 0 Å². The van der Waals surface area contributed by atoms with Gasteiger partial charge < -0.3 is 0 Å². The number of fused-ring (bicyclic) bond motifs is 1. The molecule has 0 spiro atoms. The summed E-state index contributed by atoms with van der Waals surface area (Å²) in [6.07, 6.45) is -2.03. The van der Waals surface area contributed by atoms with Gasteiger partial charge in [-0.15, -0.1) is 5.10 Å². The number of primary sulfonamides is 1. The molecule has 0 aliphatic heterocycles. The maximum absolute atomic E-state index is 13.1. The fourth-order valence-corrected chi connectivity index (χ4v) is 4.48. The summed E-state index contributed by atoms with van der Waals surface area (Å²) in [4.78, 5) is 16.5. The van der Waals surface area contributed by atoms with Crippen molar-refractivity contribution in [2.24, 2.45) is 5.14 Å². The van der Waals surface area contributed by atoms with E-state index < -0.39 is 27.6 Å². The molecule has 0 saturated heterocycles. The van der Waals surface area contributed by atoms with Gasteiger partial charge >= 0.3 is 11.9 Å². The highest BCUT2D eigenvalue weighted by Gasteiger charge is 2.32. The van der Waals surface area contributed by atoms with Crippen molar-refractivity contribution in [3.8, 4) is 22.3 Å². The normalized spacial score (nSPS) is 12.2.